The summed E-state index contributed by atoms with van der Waals surface area (Å²) in [6.45, 7) is 1.08. The summed E-state index contributed by atoms with van der Waals surface area (Å²) in [6.07, 6.45) is 0. The maximum atomic E-state index is 9.00. The Morgan fingerprint density at radius 2 is 0.833 bits per heavy atom. The molecule has 0 aliphatic rings. The summed E-state index contributed by atoms with van der Waals surface area (Å²) in [5.41, 5.74) is 0. The van der Waals surface area contributed by atoms with E-state index < -0.39 is 5.97 Å². The van der Waals surface area contributed by atoms with Crippen LogP contribution in [0.3, 0.4) is 0 Å². The van der Waals surface area contributed by atoms with E-state index in [0.29, 0.717) is 0 Å². The molecule has 0 aromatic heterocycles. The summed E-state index contributed by atoms with van der Waals surface area (Å²) in [5, 5.41) is 7.42. The minimum atomic E-state index is -0.833. The van der Waals surface area contributed by atoms with Crippen LogP contribution in [0.4, 0.5) is 0 Å². The van der Waals surface area contributed by atoms with Crippen LogP contribution in [-0.2, 0) is 4.79 Å². The van der Waals surface area contributed by atoms with Crippen molar-refractivity contribution in [2.75, 3.05) is 0 Å². The fourth-order valence-corrected chi connectivity index (χ4v) is 0. The molecule has 0 bridgehead atoms. The van der Waals surface area contributed by atoms with E-state index in [1.807, 2.05) is 0 Å². The predicted octanol–water partition coefficient (Wildman–Crippen LogP) is -23.0. The molecule has 10 heteroatoms. The fraction of sp³-hybridized carbons (Fsp3) is 0.500. The van der Waals surface area contributed by atoms with Gasteiger partial charge in [0.25, 0.3) is 5.97 Å². The Labute approximate surface area is 427 Å². The molecule has 0 aromatic carbocycles. The first-order chi connectivity index (χ1) is 1.73. The molecule has 0 aliphatic carbocycles. The van der Waals surface area contributed by atoms with E-state index in [1.165, 1.54) is 0 Å². The first kappa shape index (κ1) is 56.3. The second-order valence-corrected chi connectivity index (χ2v) is 0.519. The van der Waals surface area contributed by atoms with Gasteiger partial charge >= 0.3 is 411 Å². The number of carboxylic acid groups (broad SMARTS) is 1. The average Bonchev–Trinajstić information content (AvgIpc) is 0.811. The van der Waals surface area contributed by atoms with Crippen LogP contribution in [0.5, 0.6) is 0 Å². The van der Waals surface area contributed by atoms with Gasteiger partial charge in [-0.25, -0.2) is 0 Å². The van der Waals surface area contributed by atoms with Gasteiger partial charge < -0.3 is 16.5 Å². The van der Waals surface area contributed by atoms with E-state index in [-0.39, 0.29) is 422 Å². The summed E-state index contributed by atoms with van der Waals surface area (Å²) in [5.74, 6) is -0.833. The van der Waals surface area contributed by atoms with Crippen molar-refractivity contribution >= 4 is 5.97 Å². The predicted molar refractivity (Wildman–Crippen MR) is 22.2 cm³/mol. The second kappa shape index (κ2) is 49.5. The van der Waals surface area contributed by atoms with Crippen LogP contribution < -0.4 is 411 Å². The molecule has 0 fully saturated rings. The van der Waals surface area contributed by atoms with Crippen molar-refractivity contribution in [1.29, 1.82) is 0 Å². The normalized spacial score (nSPS) is 2.08. The molecule has 0 heterocycles. The SMILES string of the molecule is CC(=O)O.[H-].[H-].[H-].[H-].[H-].[H-].[H-].[H-].[K+].[K+].[K+].[K+].[K+].[K+].[K+].[K+]. The van der Waals surface area contributed by atoms with Crippen LogP contribution in [-0.4, -0.2) is 11.1 Å². The zero-order valence-electron chi connectivity index (χ0n) is 18.4. The van der Waals surface area contributed by atoms with E-state index in [4.69, 9.17) is 9.90 Å². The van der Waals surface area contributed by atoms with Crippen molar-refractivity contribution in [2.24, 2.45) is 0 Å². The Hall–Kier alpha value is 12.6. The minimum Gasteiger partial charge on any atom is -1.00 e. The van der Waals surface area contributed by atoms with Gasteiger partial charge in [-0.2, -0.15) is 0 Å². The summed E-state index contributed by atoms with van der Waals surface area (Å²) < 4.78 is 0. The molecule has 1 N–H and O–H groups in total. The van der Waals surface area contributed by atoms with Gasteiger partial charge in [0.2, 0.25) is 0 Å². The Morgan fingerprint density at radius 1 is 0.833 bits per heavy atom. The third kappa shape index (κ3) is 66.5. The first-order valence-corrected chi connectivity index (χ1v) is 0.928. The molecule has 2 nitrogen and oxygen atoms in total. The van der Waals surface area contributed by atoms with Crippen LogP contribution >= 0.6 is 0 Å². The molecule has 0 spiro atoms. The average molecular weight is 381 g/mol. The van der Waals surface area contributed by atoms with Gasteiger partial charge in [0.15, 0.2) is 0 Å². The second-order valence-electron chi connectivity index (χ2n) is 0.519. The van der Waals surface area contributed by atoms with Crippen molar-refractivity contribution in [3.8, 4) is 0 Å². The summed E-state index contributed by atoms with van der Waals surface area (Å²) >= 11 is 0. The summed E-state index contributed by atoms with van der Waals surface area (Å²) in [6, 6.07) is 0. The van der Waals surface area contributed by atoms with E-state index in [0.717, 1.165) is 6.92 Å². The van der Waals surface area contributed by atoms with Gasteiger partial charge in [0, 0.05) is 6.92 Å². The quantitative estimate of drug-likeness (QED) is 0.424. The first-order valence-electron chi connectivity index (χ1n) is 0.928. The molecular formula is C2H12K8O2. The van der Waals surface area contributed by atoms with E-state index in [9.17, 15) is 0 Å². The van der Waals surface area contributed by atoms with Crippen LogP contribution in [0.15, 0.2) is 0 Å². The third-order valence-electron chi connectivity index (χ3n) is 0. The van der Waals surface area contributed by atoms with Crippen LogP contribution in [0.1, 0.15) is 18.3 Å². The van der Waals surface area contributed by atoms with Gasteiger partial charge in [0.1, 0.15) is 0 Å². The number of hydrogen-bond acceptors (Lipinski definition) is 1. The minimum absolute atomic E-state index is 0. The Balaban J connectivity index is -0.000000000375. The van der Waals surface area contributed by atoms with Gasteiger partial charge in [-0.05, 0) is 0 Å². The standard InChI is InChI=1S/C2H4O2.8K.8H/c1-2(3)4;;;;;;;;;;;;;;;;/h1H3,(H,3,4);;;;;;;;;;;;;;;;/q;8*+1;8*-1. The molecule has 12 heavy (non-hydrogen) atoms. The summed E-state index contributed by atoms with van der Waals surface area (Å²) in [4.78, 5) is 9.00. The maximum Gasteiger partial charge on any atom is 1.00 e. The monoisotopic (exact) mass is 380 g/mol. The van der Waals surface area contributed by atoms with Crippen molar-refractivity contribution < 1.29 is 432 Å². The van der Waals surface area contributed by atoms with E-state index in [1.54, 1.807) is 0 Å². The van der Waals surface area contributed by atoms with E-state index >= 15 is 0 Å². The molecule has 0 saturated heterocycles. The van der Waals surface area contributed by atoms with E-state index in [2.05, 4.69) is 0 Å². The zero-order valence-corrected chi connectivity index (χ0v) is 35.3. The smallest absolute Gasteiger partial charge is 1.00 e. The molecule has 0 saturated carbocycles. The van der Waals surface area contributed by atoms with Crippen molar-refractivity contribution in [3.05, 3.63) is 0 Å². The Kier molecular flexibility index (Phi) is 232. The van der Waals surface area contributed by atoms with Gasteiger partial charge in [-0.15, -0.1) is 0 Å². The topological polar surface area (TPSA) is 37.3 Å². The number of aliphatic carboxylic acids is 1. The zero-order chi connectivity index (χ0) is 3.58. The van der Waals surface area contributed by atoms with Crippen LogP contribution in [0.25, 0.3) is 0 Å². The molecule has 0 rings (SSSR count). The van der Waals surface area contributed by atoms with Gasteiger partial charge in [-0.1, -0.05) is 0 Å². The molecule has 0 aliphatic heterocycles. The van der Waals surface area contributed by atoms with Crippen molar-refractivity contribution in [3.63, 3.8) is 0 Å². The van der Waals surface area contributed by atoms with Crippen molar-refractivity contribution in [2.45, 2.75) is 6.92 Å². The molecule has 0 amide bonds. The Morgan fingerprint density at radius 3 is 0.833 bits per heavy atom. The number of carboxylic acids is 1. The number of rotatable bonds is 0. The number of carbonyl (C=O) groups is 1. The fourth-order valence-electron chi connectivity index (χ4n) is 0. The molecule has 0 radical (unpaired) electrons. The number of hydrogen-bond donors (Lipinski definition) is 1. The van der Waals surface area contributed by atoms with Gasteiger partial charge in [0.05, 0.1) is 0 Å². The van der Waals surface area contributed by atoms with Crippen LogP contribution in [0.2, 0.25) is 0 Å². The Bertz CT molecular complexity index is 57.5. The molecule has 0 atom stereocenters. The molecule has 40 valence electrons. The summed E-state index contributed by atoms with van der Waals surface area (Å²) in [7, 11) is 0. The van der Waals surface area contributed by atoms with Gasteiger partial charge in [-0.3, -0.25) is 4.79 Å². The van der Waals surface area contributed by atoms with Crippen molar-refractivity contribution in [1.82, 2.24) is 0 Å². The maximum absolute atomic E-state index is 9.00. The molecule has 0 unspecified atom stereocenters. The third-order valence-corrected chi connectivity index (χ3v) is 0. The van der Waals surface area contributed by atoms with Crippen LogP contribution in [0, 0.1) is 0 Å². The largest absolute Gasteiger partial charge is 1.00 e. The molecular weight excluding hydrogens is 369 g/mol. The molecule has 0 aromatic rings.